The van der Waals surface area contributed by atoms with Crippen molar-refractivity contribution in [2.45, 2.75) is 44.8 Å². The first-order valence-corrected chi connectivity index (χ1v) is 8.92. The molecule has 0 radical (unpaired) electrons. The normalized spacial score (nSPS) is 19.6. The highest BCUT2D eigenvalue weighted by molar-refractivity contribution is 7.99. The number of hydrogen-bond donors (Lipinski definition) is 2. The first-order valence-electron chi connectivity index (χ1n) is 7.93. The highest BCUT2D eigenvalue weighted by Gasteiger charge is 2.30. The molecule has 3 rings (SSSR count). The van der Waals surface area contributed by atoms with E-state index >= 15 is 0 Å². The third-order valence-electron chi connectivity index (χ3n) is 4.20. The Bertz CT molecular complexity index is 712. The molecule has 1 aliphatic rings. The number of carbonyl (C=O) groups excluding carboxylic acids is 1. The van der Waals surface area contributed by atoms with Gasteiger partial charge in [-0.25, -0.2) is 4.98 Å². The Labute approximate surface area is 140 Å². The zero-order valence-corrected chi connectivity index (χ0v) is 14.5. The van der Waals surface area contributed by atoms with Crippen LogP contribution in [0, 0.1) is 19.8 Å². The van der Waals surface area contributed by atoms with Crippen LogP contribution in [0.5, 0.6) is 0 Å². The first kappa shape index (κ1) is 16.1. The average Bonchev–Trinajstić information content (AvgIpc) is 3.04. The van der Waals surface area contributed by atoms with Gasteiger partial charge in [0.25, 0.3) is 0 Å². The minimum absolute atomic E-state index is 0.0935. The summed E-state index contributed by atoms with van der Waals surface area (Å²) in [5, 5.41) is 10.8. The number of carbonyl (C=O) groups is 1. The van der Waals surface area contributed by atoms with Crippen molar-refractivity contribution in [2.24, 2.45) is 5.92 Å². The predicted octanol–water partition coefficient (Wildman–Crippen LogP) is 2.95. The topological polar surface area (TPSA) is 70.7 Å². The molecule has 2 atom stereocenters. The molecule has 0 bridgehead atoms. The Morgan fingerprint density at radius 2 is 2.26 bits per heavy atom. The summed E-state index contributed by atoms with van der Waals surface area (Å²) in [7, 11) is 0. The number of aromatic nitrogens is 3. The van der Waals surface area contributed by atoms with Gasteiger partial charge in [0.15, 0.2) is 0 Å². The van der Waals surface area contributed by atoms with Crippen LogP contribution in [-0.2, 0) is 11.2 Å². The van der Waals surface area contributed by atoms with Gasteiger partial charge >= 0.3 is 0 Å². The summed E-state index contributed by atoms with van der Waals surface area (Å²) < 4.78 is 0. The van der Waals surface area contributed by atoms with Crippen LogP contribution in [0.3, 0.4) is 0 Å². The van der Waals surface area contributed by atoms with Crippen LogP contribution in [0.4, 0.5) is 0 Å². The standard InChI is InChI=1S/C17H22N4OS/c1-10-4-5-13-9-11(2)16(14(13)8-10)19-15(22)6-7-23-17-18-12(3)20-21-17/h4-5,8,11,16H,6-7,9H2,1-3H3,(H,19,22)(H,18,20,21)/t11-,16-/m0/s1. The number of thioether (sulfide) groups is 1. The van der Waals surface area contributed by atoms with E-state index in [1.165, 1.54) is 28.5 Å². The Morgan fingerprint density at radius 1 is 1.43 bits per heavy atom. The molecule has 0 unspecified atom stereocenters. The molecule has 2 aromatic rings. The van der Waals surface area contributed by atoms with E-state index in [0.29, 0.717) is 23.2 Å². The van der Waals surface area contributed by atoms with Crippen molar-refractivity contribution >= 4 is 17.7 Å². The number of aryl methyl sites for hydroxylation is 2. The summed E-state index contributed by atoms with van der Waals surface area (Å²) in [5.74, 6) is 2.02. The van der Waals surface area contributed by atoms with Gasteiger partial charge in [-0.15, -0.1) is 5.10 Å². The molecule has 1 heterocycles. The number of nitrogens with one attached hydrogen (secondary N) is 2. The summed E-state index contributed by atoms with van der Waals surface area (Å²) in [6.45, 7) is 6.16. The molecule has 5 nitrogen and oxygen atoms in total. The molecule has 0 spiro atoms. The minimum atomic E-state index is 0.0935. The molecule has 1 aromatic heterocycles. The number of amides is 1. The maximum Gasteiger partial charge on any atom is 0.221 e. The molecule has 1 amide bonds. The molecule has 0 saturated carbocycles. The van der Waals surface area contributed by atoms with Crippen LogP contribution in [-0.4, -0.2) is 26.8 Å². The number of nitrogens with zero attached hydrogens (tertiary/aromatic N) is 2. The van der Waals surface area contributed by atoms with Crippen molar-refractivity contribution in [1.29, 1.82) is 0 Å². The summed E-state index contributed by atoms with van der Waals surface area (Å²) in [6.07, 6.45) is 1.51. The molecule has 0 fully saturated rings. The Hall–Kier alpha value is -1.82. The van der Waals surface area contributed by atoms with Crippen LogP contribution >= 0.6 is 11.8 Å². The molecule has 1 aliphatic carbocycles. The number of benzene rings is 1. The monoisotopic (exact) mass is 330 g/mol. The van der Waals surface area contributed by atoms with Gasteiger partial charge in [-0.3, -0.25) is 9.89 Å². The molecule has 2 N–H and O–H groups in total. The molecular weight excluding hydrogens is 308 g/mol. The van der Waals surface area contributed by atoms with Gasteiger partial charge in [-0.1, -0.05) is 42.4 Å². The van der Waals surface area contributed by atoms with E-state index in [0.717, 1.165) is 12.2 Å². The van der Waals surface area contributed by atoms with E-state index in [-0.39, 0.29) is 11.9 Å². The number of aromatic amines is 1. The lowest BCUT2D eigenvalue weighted by molar-refractivity contribution is -0.121. The summed E-state index contributed by atoms with van der Waals surface area (Å²) in [5.41, 5.74) is 3.88. The van der Waals surface area contributed by atoms with Crippen LogP contribution in [0.25, 0.3) is 0 Å². The maximum atomic E-state index is 12.3. The molecule has 23 heavy (non-hydrogen) atoms. The van der Waals surface area contributed by atoms with Gasteiger partial charge in [0.1, 0.15) is 5.82 Å². The van der Waals surface area contributed by atoms with Crippen molar-refractivity contribution < 1.29 is 4.79 Å². The SMILES string of the molecule is Cc1ccc2c(c1)[C@@H](NC(=O)CCSc1n[nH]c(C)n1)[C@@H](C)C2. The lowest BCUT2D eigenvalue weighted by atomic mass is 10.0. The molecule has 1 aromatic carbocycles. The average molecular weight is 330 g/mol. The molecule has 0 saturated heterocycles. The van der Waals surface area contributed by atoms with E-state index in [4.69, 9.17) is 0 Å². The Kier molecular flexibility index (Phi) is 4.71. The van der Waals surface area contributed by atoms with Crippen LogP contribution in [0.2, 0.25) is 0 Å². The number of rotatable bonds is 5. The second kappa shape index (κ2) is 6.74. The van der Waals surface area contributed by atoms with Crippen LogP contribution in [0.15, 0.2) is 23.4 Å². The minimum Gasteiger partial charge on any atom is -0.349 e. The second-order valence-electron chi connectivity index (χ2n) is 6.23. The Balaban J connectivity index is 1.55. The van der Waals surface area contributed by atoms with E-state index in [2.05, 4.69) is 52.5 Å². The van der Waals surface area contributed by atoms with Gasteiger partial charge < -0.3 is 5.32 Å². The zero-order chi connectivity index (χ0) is 16.4. The highest BCUT2D eigenvalue weighted by Crippen LogP contribution is 2.36. The lowest BCUT2D eigenvalue weighted by Gasteiger charge is -2.19. The maximum absolute atomic E-state index is 12.3. The second-order valence-corrected chi connectivity index (χ2v) is 7.29. The molecule has 6 heteroatoms. The molecule has 122 valence electrons. The summed E-state index contributed by atoms with van der Waals surface area (Å²) in [6, 6.07) is 6.67. The summed E-state index contributed by atoms with van der Waals surface area (Å²) >= 11 is 1.50. The fraction of sp³-hybridized carbons (Fsp3) is 0.471. The fourth-order valence-electron chi connectivity index (χ4n) is 3.05. The third-order valence-corrected chi connectivity index (χ3v) is 5.05. The number of hydrogen-bond acceptors (Lipinski definition) is 4. The predicted molar refractivity (Wildman–Crippen MR) is 91.4 cm³/mol. The van der Waals surface area contributed by atoms with Gasteiger partial charge in [0.05, 0.1) is 6.04 Å². The van der Waals surface area contributed by atoms with Crippen molar-refractivity contribution in [3.05, 3.63) is 40.7 Å². The van der Waals surface area contributed by atoms with E-state index in [1.807, 2.05) is 6.92 Å². The van der Waals surface area contributed by atoms with Crippen LogP contribution in [0.1, 0.15) is 41.9 Å². The molecule has 0 aliphatic heterocycles. The first-order chi connectivity index (χ1) is 11.0. The highest BCUT2D eigenvalue weighted by atomic mass is 32.2. The van der Waals surface area contributed by atoms with E-state index in [9.17, 15) is 4.79 Å². The number of fused-ring (bicyclic) bond motifs is 1. The van der Waals surface area contributed by atoms with Gasteiger partial charge in [-0.05, 0) is 37.3 Å². The third kappa shape index (κ3) is 3.75. The molecular formula is C17H22N4OS. The van der Waals surface area contributed by atoms with E-state index in [1.54, 1.807) is 0 Å². The fourth-order valence-corrected chi connectivity index (χ4v) is 3.83. The van der Waals surface area contributed by atoms with E-state index < -0.39 is 0 Å². The van der Waals surface area contributed by atoms with Crippen molar-refractivity contribution in [1.82, 2.24) is 20.5 Å². The lowest BCUT2D eigenvalue weighted by Crippen LogP contribution is -2.30. The van der Waals surface area contributed by atoms with Crippen molar-refractivity contribution in [3.8, 4) is 0 Å². The van der Waals surface area contributed by atoms with Crippen LogP contribution < -0.4 is 5.32 Å². The van der Waals surface area contributed by atoms with Crippen molar-refractivity contribution in [3.63, 3.8) is 0 Å². The van der Waals surface area contributed by atoms with Gasteiger partial charge in [0.2, 0.25) is 11.1 Å². The zero-order valence-electron chi connectivity index (χ0n) is 13.7. The quantitative estimate of drug-likeness (QED) is 0.827. The van der Waals surface area contributed by atoms with Gasteiger partial charge in [-0.2, -0.15) is 0 Å². The van der Waals surface area contributed by atoms with Crippen molar-refractivity contribution in [2.75, 3.05) is 5.75 Å². The summed E-state index contributed by atoms with van der Waals surface area (Å²) in [4.78, 5) is 16.5. The number of H-pyrrole nitrogens is 1. The largest absolute Gasteiger partial charge is 0.349 e. The Morgan fingerprint density at radius 3 is 3.00 bits per heavy atom. The smallest absolute Gasteiger partial charge is 0.221 e. The van der Waals surface area contributed by atoms with Gasteiger partial charge in [0, 0.05) is 12.2 Å².